The Kier molecular flexibility index (Phi) is 6.85. The number of hydrogen-bond acceptors (Lipinski definition) is 3. The highest BCUT2D eigenvalue weighted by molar-refractivity contribution is 6.30. The lowest BCUT2D eigenvalue weighted by Gasteiger charge is -2.20. The average molecular weight is 360 g/mol. The Morgan fingerprint density at radius 2 is 1.80 bits per heavy atom. The number of anilines is 1. The van der Waals surface area contributed by atoms with Gasteiger partial charge in [-0.05, 0) is 42.3 Å². The maximum atomic E-state index is 12.4. The van der Waals surface area contributed by atoms with Gasteiger partial charge in [0.05, 0.1) is 6.54 Å². The fourth-order valence-corrected chi connectivity index (χ4v) is 2.73. The first-order valence-corrected chi connectivity index (χ1v) is 8.73. The van der Waals surface area contributed by atoms with Gasteiger partial charge in [-0.3, -0.25) is 4.79 Å². The van der Waals surface area contributed by atoms with Gasteiger partial charge >= 0.3 is 0 Å². The van der Waals surface area contributed by atoms with Crippen molar-refractivity contribution in [3.8, 4) is 0 Å². The number of carbonyl (C=O) groups is 1. The van der Waals surface area contributed by atoms with E-state index in [2.05, 4.69) is 34.5 Å². The van der Waals surface area contributed by atoms with Gasteiger partial charge in [0.15, 0.2) is 0 Å². The van der Waals surface area contributed by atoms with E-state index in [4.69, 9.17) is 11.6 Å². The molecule has 2 rings (SSSR count). The summed E-state index contributed by atoms with van der Waals surface area (Å²) < 4.78 is 0. The van der Waals surface area contributed by atoms with E-state index in [-0.39, 0.29) is 11.9 Å². The predicted octanol–water partition coefficient (Wildman–Crippen LogP) is 3.72. The molecule has 0 bridgehead atoms. The number of hydrogen-bond donors (Lipinski definition) is 1. The molecule has 0 saturated heterocycles. The van der Waals surface area contributed by atoms with Crippen molar-refractivity contribution < 1.29 is 4.79 Å². The van der Waals surface area contributed by atoms with Crippen LogP contribution in [0.1, 0.15) is 24.1 Å². The zero-order valence-electron chi connectivity index (χ0n) is 15.3. The number of carbonyl (C=O) groups excluding carboxylic acids is 1. The number of nitrogens with zero attached hydrogens (tertiary/aromatic N) is 2. The molecule has 25 heavy (non-hydrogen) atoms. The van der Waals surface area contributed by atoms with Crippen molar-refractivity contribution in [1.29, 1.82) is 0 Å². The topological polar surface area (TPSA) is 35.6 Å². The molecule has 0 spiro atoms. The number of rotatable bonds is 7. The van der Waals surface area contributed by atoms with Gasteiger partial charge in [-0.15, -0.1) is 0 Å². The molecule has 2 aromatic rings. The summed E-state index contributed by atoms with van der Waals surface area (Å²) in [6.45, 7) is 2.92. The van der Waals surface area contributed by atoms with Gasteiger partial charge in [0.25, 0.3) is 0 Å². The predicted molar refractivity (Wildman–Crippen MR) is 105 cm³/mol. The molecule has 2 aromatic carbocycles. The van der Waals surface area contributed by atoms with Crippen molar-refractivity contribution in [2.24, 2.45) is 0 Å². The first-order valence-electron chi connectivity index (χ1n) is 8.36. The number of nitrogens with one attached hydrogen (secondary N) is 1. The summed E-state index contributed by atoms with van der Waals surface area (Å²) in [5, 5.41) is 3.96. The second-order valence-corrected chi connectivity index (χ2v) is 6.90. The normalized spacial score (nSPS) is 11.9. The monoisotopic (exact) mass is 359 g/mol. The van der Waals surface area contributed by atoms with Crippen LogP contribution in [0.2, 0.25) is 5.02 Å². The van der Waals surface area contributed by atoms with E-state index >= 15 is 0 Å². The molecule has 1 N–H and O–H groups in total. The van der Waals surface area contributed by atoms with Crippen LogP contribution < -0.4 is 10.2 Å². The van der Waals surface area contributed by atoms with Crippen molar-refractivity contribution in [3.63, 3.8) is 0 Å². The molecule has 0 aliphatic carbocycles. The highest BCUT2D eigenvalue weighted by Crippen LogP contribution is 2.17. The van der Waals surface area contributed by atoms with E-state index in [9.17, 15) is 4.79 Å². The Hall–Kier alpha value is -2.04. The van der Waals surface area contributed by atoms with Crippen LogP contribution in [0, 0.1) is 0 Å². The largest absolute Gasteiger partial charge is 0.378 e. The SMILES string of the molecule is C[C@@H](NCC(=O)N(C)Cc1ccc(N(C)C)cc1)c1cccc(Cl)c1. The van der Waals surface area contributed by atoms with Crippen LogP contribution in [0.3, 0.4) is 0 Å². The van der Waals surface area contributed by atoms with Crippen LogP contribution in [0.5, 0.6) is 0 Å². The zero-order chi connectivity index (χ0) is 18.4. The number of likely N-dealkylation sites (N-methyl/N-ethyl adjacent to an activating group) is 1. The standard InChI is InChI=1S/C20H26ClN3O/c1-15(17-6-5-7-18(21)12-17)22-13-20(25)24(4)14-16-8-10-19(11-9-16)23(2)3/h5-12,15,22H,13-14H2,1-4H3/t15-/m1/s1. The number of amides is 1. The van der Waals surface area contributed by atoms with Crippen molar-refractivity contribution >= 4 is 23.2 Å². The molecule has 0 fully saturated rings. The van der Waals surface area contributed by atoms with Gasteiger partial charge in [0.2, 0.25) is 5.91 Å². The van der Waals surface area contributed by atoms with Gasteiger partial charge in [-0.1, -0.05) is 35.9 Å². The fraction of sp³-hybridized carbons (Fsp3) is 0.350. The summed E-state index contributed by atoms with van der Waals surface area (Å²) in [6.07, 6.45) is 0. The molecule has 0 aliphatic rings. The van der Waals surface area contributed by atoms with Crippen LogP contribution in [-0.4, -0.2) is 38.5 Å². The Morgan fingerprint density at radius 1 is 1.12 bits per heavy atom. The molecule has 1 atom stereocenters. The number of halogens is 1. The van der Waals surface area contributed by atoms with Gasteiger partial charge in [0, 0.05) is 44.4 Å². The molecule has 4 nitrogen and oxygen atoms in total. The summed E-state index contributed by atoms with van der Waals surface area (Å²) in [5.74, 6) is 0.0607. The quantitative estimate of drug-likeness (QED) is 0.818. The lowest BCUT2D eigenvalue weighted by atomic mass is 10.1. The third-order valence-electron chi connectivity index (χ3n) is 4.21. The lowest BCUT2D eigenvalue weighted by Crippen LogP contribution is -2.36. The van der Waals surface area contributed by atoms with Crippen LogP contribution >= 0.6 is 11.6 Å². The van der Waals surface area contributed by atoms with Crippen molar-refractivity contribution in [2.75, 3.05) is 32.6 Å². The molecule has 0 aliphatic heterocycles. The van der Waals surface area contributed by atoms with Crippen LogP contribution in [-0.2, 0) is 11.3 Å². The second kappa shape index (κ2) is 8.88. The molecule has 0 aromatic heterocycles. The smallest absolute Gasteiger partial charge is 0.236 e. The molecule has 5 heteroatoms. The fourth-order valence-electron chi connectivity index (χ4n) is 2.53. The van der Waals surface area contributed by atoms with E-state index in [1.807, 2.05) is 52.3 Å². The summed E-state index contributed by atoms with van der Waals surface area (Å²) in [6, 6.07) is 16.0. The van der Waals surface area contributed by atoms with Crippen molar-refractivity contribution in [1.82, 2.24) is 10.2 Å². The molecule has 0 saturated carbocycles. The Bertz CT molecular complexity index is 700. The van der Waals surface area contributed by atoms with E-state index in [1.165, 1.54) is 0 Å². The van der Waals surface area contributed by atoms with Gasteiger partial charge in [-0.25, -0.2) is 0 Å². The lowest BCUT2D eigenvalue weighted by molar-refractivity contribution is -0.129. The van der Waals surface area contributed by atoms with Gasteiger partial charge in [0.1, 0.15) is 0 Å². The van der Waals surface area contributed by atoms with Gasteiger partial charge < -0.3 is 15.1 Å². The maximum Gasteiger partial charge on any atom is 0.236 e. The minimum absolute atomic E-state index is 0.0607. The third kappa shape index (κ3) is 5.76. The summed E-state index contributed by atoms with van der Waals surface area (Å²) >= 11 is 6.02. The second-order valence-electron chi connectivity index (χ2n) is 6.47. The minimum atomic E-state index is 0.0607. The molecular formula is C20H26ClN3O. The first kappa shape index (κ1) is 19.3. The van der Waals surface area contributed by atoms with Crippen LogP contribution in [0.4, 0.5) is 5.69 Å². The molecule has 0 unspecified atom stereocenters. The van der Waals surface area contributed by atoms with E-state index in [1.54, 1.807) is 4.90 Å². The minimum Gasteiger partial charge on any atom is -0.378 e. The highest BCUT2D eigenvalue weighted by atomic mass is 35.5. The Morgan fingerprint density at radius 3 is 2.40 bits per heavy atom. The molecule has 134 valence electrons. The molecule has 0 heterocycles. The maximum absolute atomic E-state index is 12.4. The highest BCUT2D eigenvalue weighted by Gasteiger charge is 2.12. The first-order chi connectivity index (χ1) is 11.9. The molecule has 1 amide bonds. The Balaban J connectivity index is 1.85. The third-order valence-corrected chi connectivity index (χ3v) is 4.44. The number of benzene rings is 2. The van der Waals surface area contributed by atoms with Crippen LogP contribution in [0.15, 0.2) is 48.5 Å². The van der Waals surface area contributed by atoms with Gasteiger partial charge in [-0.2, -0.15) is 0 Å². The van der Waals surface area contributed by atoms with Crippen molar-refractivity contribution in [3.05, 3.63) is 64.7 Å². The Labute approximate surface area is 155 Å². The van der Waals surface area contributed by atoms with Crippen molar-refractivity contribution in [2.45, 2.75) is 19.5 Å². The van der Waals surface area contributed by atoms with E-state index < -0.39 is 0 Å². The zero-order valence-corrected chi connectivity index (χ0v) is 16.0. The average Bonchev–Trinajstić information content (AvgIpc) is 2.59. The summed E-state index contributed by atoms with van der Waals surface area (Å²) in [5.41, 5.74) is 3.33. The summed E-state index contributed by atoms with van der Waals surface area (Å²) in [4.78, 5) is 16.1. The van der Waals surface area contributed by atoms with Crippen LogP contribution in [0.25, 0.3) is 0 Å². The van der Waals surface area contributed by atoms with E-state index in [0.29, 0.717) is 18.1 Å². The molecule has 0 radical (unpaired) electrons. The van der Waals surface area contributed by atoms with E-state index in [0.717, 1.165) is 16.8 Å². The molecular weight excluding hydrogens is 334 g/mol. The summed E-state index contributed by atoms with van der Waals surface area (Å²) in [7, 11) is 5.85.